The maximum atomic E-state index is 11.3. The van der Waals surface area contributed by atoms with E-state index in [4.69, 9.17) is 5.73 Å². The Kier molecular flexibility index (Phi) is 10.3. The van der Waals surface area contributed by atoms with Crippen LogP contribution in [0.1, 0.15) is 56.1 Å². The van der Waals surface area contributed by atoms with Crippen LogP contribution in [0.4, 0.5) is 0 Å². The number of piperidine rings is 2. The summed E-state index contributed by atoms with van der Waals surface area (Å²) >= 11 is 0. The lowest BCUT2D eigenvalue weighted by Crippen LogP contribution is -2.39. The minimum Gasteiger partial charge on any atom is -0.369 e. The van der Waals surface area contributed by atoms with E-state index in [2.05, 4.69) is 49.7 Å². The van der Waals surface area contributed by atoms with E-state index in [1.807, 2.05) is 7.05 Å². The van der Waals surface area contributed by atoms with Gasteiger partial charge in [0.2, 0.25) is 5.91 Å². The summed E-state index contributed by atoms with van der Waals surface area (Å²) in [6.45, 7) is 8.29. The Morgan fingerprint density at radius 3 is 2.31 bits per heavy atom. The maximum Gasteiger partial charge on any atom is 0.220 e. The zero-order valence-corrected chi connectivity index (χ0v) is 19.8. The highest BCUT2D eigenvalue weighted by molar-refractivity contribution is 5.79. The first-order valence-corrected chi connectivity index (χ1v) is 12.4. The number of nitrogens with one attached hydrogen (secondary N) is 2. The van der Waals surface area contributed by atoms with Crippen molar-refractivity contribution in [2.24, 2.45) is 16.6 Å². The number of nitrogens with two attached hydrogens (primary N) is 1. The van der Waals surface area contributed by atoms with E-state index in [9.17, 15) is 4.79 Å². The van der Waals surface area contributed by atoms with E-state index in [-0.39, 0.29) is 11.8 Å². The van der Waals surface area contributed by atoms with Crippen LogP contribution in [0.5, 0.6) is 0 Å². The molecule has 7 heteroatoms. The van der Waals surface area contributed by atoms with Gasteiger partial charge in [-0.25, -0.2) is 0 Å². The summed E-state index contributed by atoms with van der Waals surface area (Å²) < 4.78 is 0. The zero-order chi connectivity index (χ0) is 22.6. The highest BCUT2D eigenvalue weighted by Crippen LogP contribution is 2.17. The summed E-state index contributed by atoms with van der Waals surface area (Å²) in [5, 5.41) is 6.83. The van der Waals surface area contributed by atoms with Crippen molar-refractivity contribution in [3.63, 3.8) is 0 Å². The molecule has 2 aliphatic heterocycles. The molecule has 2 aliphatic rings. The third-order valence-electron chi connectivity index (χ3n) is 6.74. The van der Waals surface area contributed by atoms with Crippen molar-refractivity contribution < 1.29 is 4.79 Å². The quantitative estimate of drug-likeness (QED) is 0.294. The number of hydrogen-bond donors (Lipinski definition) is 3. The third kappa shape index (κ3) is 8.43. The summed E-state index contributed by atoms with van der Waals surface area (Å²) in [6.07, 6.45) is 8.11. The summed E-state index contributed by atoms with van der Waals surface area (Å²) in [5.41, 5.74) is 8.08. The van der Waals surface area contributed by atoms with Crippen molar-refractivity contribution in [2.45, 2.75) is 58.0 Å². The Hall–Kier alpha value is -2.12. The van der Waals surface area contributed by atoms with Crippen molar-refractivity contribution >= 4 is 11.9 Å². The topological polar surface area (TPSA) is 86.0 Å². The predicted molar refractivity (Wildman–Crippen MR) is 131 cm³/mol. The van der Waals surface area contributed by atoms with Gasteiger partial charge in [-0.1, -0.05) is 30.7 Å². The second kappa shape index (κ2) is 13.4. The average molecular weight is 443 g/mol. The molecular weight excluding hydrogens is 400 g/mol. The third-order valence-corrected chi connectivity index (χ3v) is 6.74. The van der Waals surface area contributed by atoms with Crippen molar-refractivity contribution in [1.29, 1.82) is 0 Å². The molecule has 1 amide bonds. The molecular formula is C25H42N6O. The second-order valence-electron chi connectivity index (χ2n) is 9.23. The van der Waals surface area contributed by atoms with Crippen LogP contribution in [0, 0.1) is 5.92 Å². The fourth-order valence-electron chi connectivity index (χ4n) is 4.65. The molecule has 0 atom stereocenters. The molecule has 0 bridgehead atoms. The SMILES string of the molecule is CN=C(NCCCCN1CCC(C(N)=O)CC1)NCc1ccc(CN2CCCCC2)cc1. The van der Waals surface area contributed by atoms with Gasteiger partial charge < -0.3 is 21.3 Å². The number of guanidine groups is 1. The molecule has 1 aromatic rings. The number of likely N-dealkylation sites (tertiary alicyclic amines) is 2. The molecule has 2 fully saturated rings. The highest BCUT2D eigenvalue weighted by Gasteiger charge is 2.22. The van der Waals surface area contributed by atoms with Gasteiger partial charge in [0, 0.05) is 32.6 Å². The molecule has 178 valence electrons. The number of primary amides is 1. The zero-order valence-electron chi connectivity index (χ0n) is 19.8. The first-order valence-electron chi connectivity index (χ1n) is 12.4. The Bertz CT molecular complexity index is 706. The summed E-state index contributed by atoms with van der Waals surface area (Å²) in [7, 11) is 1.82. The van der Waals surface area contributed by atoms with E-state index in [0.29, 0.717) is 0 Å². The molecule has 0 radical (unpaired) electrons. The molecule has 0 spiro atoms. The van der Waals surface area contributed by atoms with Gasteiger partial charge in [0.15, 0.2) is 5.96 Å². The number of carbonyl (C=O) groups excluding carboxylic acids is 1. The smallest absolute Gasteiger partial charge is 0.220 e. The van der Waals surface area contributed by atoms with E-state index < -0.39 is 0 Å². The largest absolute Gasteiger partial charge is 0.369 e. The molecule has 0 aromatic heterocycles. The molecule has 32 heavy (non-hydrogen) atoms. The number of amides is 1. The van der Waals surface area contributed by atoms with E-state index in [1.54, 1.807) is 0 Å². The standard InChI is InChI=1S/C25H42N6O/c1-27-25(28-13-3-6-14-30-17-11-23(12-18-30)24(26)32)29-19-21-7-9-22(10-8-21)20-31-15-4-2-5-16-31/h7-10,23H,2-6,11-20H2,1H3,(H2,26,32)(H2,27,28,29). The predicted octanol–water partition coefficient (Wildman–Crippen LogP) is 2.32. The lowest BCUT2D eigenvalue weighted by atomic mass is 9.96. The van der Waals surface area contributed by atoms with Crippen LogP contribution >= 0.6 is 0 Å². The summed E-state index contributed by atoms with van der Waals surface area (Å²) in [5.74, 6) is 0.791. The van der Waals surface area contributed by atoms with Gasteiger partial charge in [0.05, 0.1) is 0 Å². The van der Waals surface area contributed by atoms with Crippen LogP contribution in [-0.2, 0) is 17.9 Å². The first-order chi connectivity index (χ1) is 15.6. The molecule has 3 rings (SSSR count). The first kappa shape index (κ1) is 24.5. The molecule has 7 nitrogen and oxygen atoms in total. The second-order valence-corrected chi connectivity index (χ2v) is 9.23. The number of hydrogen-bond acceptors (Lipinski definition) is 4. The number of rotatable bonds is 10. The van der Waals surface area contributed by atoms with E-state index in [1.165, 1.54) is 43.5 Å². The van der Waals surface area contributed by atoms with Crippen molar-refractivity contribution in [3.05, 3.63) is 35.4 Å². The Labute approximate surface area is 193 Å². The van der Waals surface area contributed by atoms with Crippen LogP contribution in [0.15, 0.2) is 29.3 Å². The molecule has 0 unspecified atom stereocenters. The lowest BCUT2D eigenvalue weighted by Gasteiger charge is -2.30. The number of nitrogens with zero attached hydrogens (tertiary/aromatic N) is 3. The van der Waals surface area contributed by atoms with Gasteiger partial charge in [-0.15, -0.1) is 0 Å². The van der Waals surface area contributed by atoms with Gasteiger partial charge in [-0.3, -0.25) is 14.7 Å². The minimum atomic E-state index is -0.138. The Balaban J connectivity index is 1.26. The Morgan fingerprint density at radius 1 is 0.969 bits per heavy atom. The summed E-state index contributed by atoms with van der Waals surface area (Å²) in [6, 6.07) is 8.96. The highest BCUT2D eigenvalue weighted by atomic mass is 16.1. The molecule has 4 N–H and O–H groups in total. The van der Waals surface area contributed by atoms with Crippen molar-refractivity contribution in [2.75, 3.05) is 46.3 Å². The normalized spacial score (nSPS) is 19.1. The van der Waals surface area contributed by atoms with Crippen LogP contribution in [0.2, 0.25) is 0 Å². The van der Waals surface area contributed by atoms with E-state index >= 15 is 0 Å². The van der Waals surface area contributed by atoms with Gasteiger partial charge in [0.25, 0.3) is 0 Å². The lowest BCUT2D eigenvalue weighted by molar-refractivity contribution is -0.123. The van der Waals surface area contributed by atoms with Crippen LogP contribution in [0.3, 0.4) is 0 Å². The molecule has 2 heterocycles. The number of benzene rings is 1. The van der Waals surface area contributed by atoms with Crippen molar-refractivity contribution in [1.82, 2.24) is 20.4 Å². The van der Waals surface area contributed by atoms with E-state index in [0.717, 1.165) is 70.9 Å². The number of carbonyl (C=O) groups is 1. The molecule has 0 saturated carbocycles. The van der Waals surface area contributed by atoms with Gasteiger partial charge in [-0.2, -0.15) is 0 Å². The van der Waals surface area contributed by atoms with Gasteiger partial charge in [-0.05, 0) is 82.4 Å². The summed E-state index contributed by atoms with van der Waals surface area (Å²) in [4.78, 5) is 20.6. The monoisotopic (exact) mass is 442 g/mol. The minimum absolute atomic E-state index is 0.0770. The van der Waals surface area contributed by atoms with Gasteiger partial charge in [0.1, 0.15) is 0 Å². The van der Waals surface area contributed by atoms with Gasteiger partial charge >= 0.3 is 0 Å². The van der Waals surface area contributed by atoms with Crippen LogP contribution in [-0.4, -0.2) is 68.0 Å². The van der Waals surface area contributed by atoms with Crippen molar-refractivity contribution in [3.8, 4) is 0 Å². The van der Waals surface area contributed by atoms with Crippen LogP contribution < -0.4 is 16.4 Å². The molecule has 2 saturated heterocycles. The fraction of sp³-hybridized carbons (Fsp3) is 0.680. The molecule has 1 aromatic carbocycles. The number of unbranched alkanes of at least 4 members (excludes halogenated alkanes) is 1. The maximum absolute atomic E-state index is 11.3. The van der Waals surface area contributed by atoms with Crippen LogP contribution in [0.25, 0.3) is 0 Å². The number of aliphatic imine (C=N–C) groups is 1. The molecule has 0 aliphatic carbocycles. The fourth-order valence-corrected chi connectivity index (χ4v) is 4.65. The Morgan fingerprint density at radius 2 is 1.66 bits per heavy atom. The average Bonchev–Trinajstić information content (AvgIpc) is 2.83.